The van der Waals surface area contributed by atoms with Gasteiger partial charge in [0.1, 0.15) is 5.25 Å². The Morgan fingerprint density at radius 3 is 2.42 bits per heavy atom. The summed E-state index contributed by atoms with van der Waals surface area (Å²) in [6.07, 6.45) is 5.69. The lowest BCUT2D eigenvalue weighted by atomic mass is 10.1. The molecule has 0 amide bonds. The van der Waals surface area contributed by atoms with E-state index in [1.54, 1.807) is 11.8 Å². The average molecular weight is 292 g/mol. The first kappa shape index (κ1) is 18.8. The van der Waals surface area contributed by atoms with Crippen LogP contribution in [0.25, 0.3) is 0 Å². The Hall–Kier alpha value is -0.250. The molecule has 0 heterocycles. The van der Waals surface area contributed by atoms with Gasteiger partial charge in [-0.1, -0.05) is 40.0 Å². The molecule has 2 nitrogen and oxygen atoms in total. The number of hydrogen-bond donors (Lipinski definition) is 0. The van der Waals surface area contributed by atoms with E-state index >= 15 is 0 Å². The number of halogens is 1. The summed E-state index contributed by atoms with van der Waals surface area (Å²) >= 11 is 1.69. The van der Waals surface area contributed by atoms with Gasteiger partial charge < -0.3 is 4.74 Å². The standard InChI is InChI=1S/C15H29FO2S/c1-4-5-11-18-15(17)14(13(2)3)19-12-9-7-6-8-10-16/h13-14H,4-12H2,1-3H3. The van der Waals surface area contributed by atoms with Crippen LogP contribution in [0.4, 0.5) is 4.39 Å². The number of alkyl halides is 1. The van der Waals surface area contributed by atoms with Crippen LogP contribution in [0.3, 0.4) is 0 Å². The Bertz CT molecular complexity index is 222. The van der Waals surface area contributed by atoms with E-state index in [0.29, 0.717) is 18.9 Å². The van der Waals surface area contributed by atoms with Crippen molar-refractivity contribution >= 4 is 17.7 Å². The molecule has 0 bridgehead atoms. The number of carbonyl (C=O) groups excluding carboxylic acids is 1. The van der Waals surface area contributed by atoms with Gasteiger partial charge >= 0.3 is 5.97 Å². The van der Waals surface area contributed by atoms with Crippen LogP contribution < -0.4 is 0 Å². The SMILES string of the molecule is CCCCOC(=O)C(SCCCCCCF)C(C)C. The summed E-state index contributed by atoms with van der Waals surface area (Å²) in [6, 6.07) is 0. The van der Waals surface area contributed by atoms with Gasteiger partial charge in [0.2, 0.25) is 0 Å². The topological polar surface area (TPSA) is 26.3 Å². The fourth-order valence-corrected chi connectivity index (χ4v) is 2.91. The van der Waals surface area contributed by atoms with E-state index in [4.69, 9.17) is 4.74 Å². The molecule has 0 rings (SSSR count). The van der Waals surface area contributed by atoms with Gasteiger partial charge in [0, 0.05) is 0 Å². The first-order valence-electron chi connectivity index (χ1n) is 7.47. The van der Waals surface area contributed by atoms with E-state index in [1.807, 2.05) is 0 Å². The molecule has 0 fully saturated rings. The van der Waals surface area contributed by atoms with Gasteiger partial charge in [0.25, 0.3) is 0 Å². The molecular weight excluding hydrogens is 263 g/mol. The van der Waals surface area contributed by atoms with E-state index in [0.717, 1.165) is 37.9 Å². The summed E-state index contributed by atoms with van der Waals surface area (Å²) in [5, 5.41) is -0.0574. The Kier molecular flexibility index (Phi) is 12.6. The lowest BCUT2D eigenvalue weighted by molar-refractivity contribution is -0.143. The van der Waals surface area contributed by atoms with Crippen LogP contribution in [0.15, 0.2) is 0 Å². The Morgan fingerprint density at radius 1 is 1.16 bits per heavy atom. The minimum absolute atomic E-state index is 0.0574. The number of ether oxygens (including phenoxy) is 1. The van der Waals surface area contributed by atoms with Gasteiger partial charge in [0.05, 0.1) is 13.3 Å². The summed E-state index contributed by atoms with van der Waals surface area (Å²) in [5.74, 6) is 1.18. The largest absolute Gasteiger partial charge is 0.465 e. The Balaban J connectivity index is 3.82. The van der Waals surface area contributed by atoms with Crippen LogP contribution in [0, 0.1) is 5.92 Å². The molecule has 0 aromatic rings. The molecule has 4 heteroatoms. The van der Waals surface area contributed by atoms with Crippen LogP contribution in [0.1, 0.15) is 59.3 Å². The number of esters is 1. The average Bonchev–Trinajstić information content (AvgIpc) is 2.37. The first-order valence-corrected chi connectivity index (χ1v) is 8.52. The second-order valence-electron chi connectivity index (χ2n) is 5.16. The highest BCUT2D eigenvalue weighted by atomic mass is 32.2. The molecular formula is C15H29FO2S. The predicted molar refractivity (Wildman–Crippen MR) is 81.4 cm³/mol. The van der Waals surface area contributed by atoms with Gasteiger partial charge in [-0.25, -0.2) is 0 Å². The molecule has 19 heavy (non-hydrogen) atoms. The van der Waals surface area contributed by atoms with Crippen molar-refractivity contribution in [2.24, 2.45) is 5.92 Å². The molecule has 1 unspecified atom stereocenters. The molecule has 0 saturated heterocycles. The van der Waals surface area contributed by atoms with Gasteiger partial charge in [-0.15, -0.1) is 11.8 Å². The van der Waals surface area contributed by atoms with Crippen molar-refractivity contribution in [3.05, 3.63) is 0 Å². The van der Waals surface area contributed by atoms with E-state index in [1.165, 1.54) is 0 Å². The van der Waals surface area contributed by atoms with Crippen LogP contribution >= 0.6 is 11.8 Å². The monoisotopic (exact) mass is 292 g/mol. The summed E-state index contributed by atoms with van der Waals surface area (Å²) in [7, 11) is 0. The maximum absolute atomic E-state index is 11.9. The zero-order valence-electron chi connectivity index (χ0n) is 12.6. The van der Waals surface area contributed by atoms with Crippen molar-refractivity contribution < 1.29 is 13.9 Å². The molecule has 0 N–H and O–H groups in total. The summed E-state index contributed by atoms with van der Waals surface area (Å²) in [4.78, 5) is 11.9. The zero-order chi connectivity index (χ0) is 14.5. The van der Waals surface area contributed by atoms with Crippen molar-refractivity contribution in [3.63, 3.8) is 0 Å². The maximum Gasteiger partial charge on any atom is 0.319 e. The molecule has 0 aliphatic rings. The van der Waals surface area contributed by atoms with Gasteiger partial charge in [0.15, 0.2) is 0 Å². The highest BCUT2D eigenvalue weighted by molar-refractivity contribution is 8.00. The molecule has 0 aliphatic carbocycles. The van der Waals surface area contributed by atoms with Gasteiger partial charge in [-0.05, 0) is 30.9 Å². The number of hydrogen-bond acceptors (Lipinski definition) is 3. The van der Waals surface area contributed by atoms with Crippen LogP contribution in [0.5, 0.6) is 0 Å². The number of carbonyl (C=O) groups is 1. The van der Waals surface area contributed by atoms with E-state index in [2.05, 4.69) is 20.8 Å². The predicted octanol–water partition coefficient (Wildman–Crippen LogP) is 4.62. The Labute approximate surface area is 121 Å². The van der Waals surface area contributed by atoms with Crippen molar-refractivity contribution in [3.8, 4) is 0 Å². The van der Waals surface area contributed by atoms with Crippen LogP contribution in [-0.4, -0.2) is 30.3 Å². The third kappa shape index (κ3) is 10.2. The molecule has 1 atom stereocenters. The summed E-state index contributed by atoms with van der Waals surface area (Å²) in [6.45, 7) is 6.52. The lowest BCUT2D eigenvalue weighted by Gasteiger charge is -2.18. The minimum Gasteiger partial charge on any atom is -0.465 e. The molecule has 0 radical (unpaired) electrons. The third-order valence-electron chi connectivity index (χ3n) is 2.91. The van der Waals surface area contributed by atoms with Crippen molar-refractivity contribution in [1.29, 1.82) is 0 Å². The van der Waals surface area contributed by atoms with Crippen LogP contribution in [0.2, 0.25) is 0 Å². The van der Waals surface area contributed by atoms with E-state index < -0.39 is 0 Å². The van der Waals surface area contributed by atoms with Crippen molar-refractivity contribution in [2.45, 2.75) is 64.5 Å². The van der Waals surface area contributed by atoms with Crippen molar-refractivity contribution in [2.75, 3.05) is 19.0 Å². The summed E-state index contributed by atoms with van der Waals surface area (Å²) < 4.78 is 17.2. The molecule has 114 valence electrons. The highest BCUT2D eigenvalue weighted by Crippen LogP contribution is 2.22. The molecule has 0 spiro atoms. The van der Waals surface area contributed by atoms with Crippen molar-refractivity contribution in [1.82, 2.24) is 0 Å². The van der Waals surface area contributed by atoms with Gasteiger partial charge in [-0.2, -0.15) is 0 Å². The fourth-order valence-electron chi connectivity index (χ4n) is 1.69. The van der Waals surface area contributed by atoms with Crippen LogP contribution in [-0.2, 0) is 9.53 Å². The second kappa shape index (κ2) is 12.8. The third-order valence-corrected chi connectivity index (χ3v) is 4.53. The van der Waals surface area contributed by atoms with Gasteiger partial charge in [-0.3, -0.25) is 9.18 Å². The van der Waals surface area contributed by atoms with E-state index in [-0.39, 0.29) is 17.9 Å². The summed E-state index contributed by atoms with van der Waals surface area (Å²) in [5.41, 5.74) is 0. The quantitative estimate of drug-likeness (QED) is 0.388. The zero-order valence-corrected chi connectivity index (χ0v) is 13.4. The maximum atomic E-state index is 11.9. The first-order chi connectivity index (χ1) is 9.13. The second-order valence-corrected chi connectivity index (χ2v) is 6.41. The molecule has 0 aromatic carbocycles. The van der Waals surface area contributed by atoms with E-state index in [9.17, 15) is 9.18 Å². The molecule has 0 aromatic heterocycles. The molecule has 0 aliphatic heterocycles. The fraction of sp³-hybridized carbons (Fsp3) is 0.933. The number of unbranched alkanes of at least 4 members (excludes halogenated alkanes) is 4. The highest BCUT2D eigenvalue weighted by Gasteiger charge is 2.23. The smallest absolute Gasteiger partial charge is 0.319 e. The normalized spacial score (nSPS) is 12.7. The molecule has 0 saturated carbocycles. The number of thioether (sulfide) groups is 1. The lowest BCUT2D eigenvalue weighted by Crippen LogP contribution is -2.26. The minimum atomic E-state index is -0.217. The Morgan fingerprint density at radius 2 is 1.84 bits per heavy atom. The number of rotatable bonds is 12.